The Kier molecular flexibility index (Phi) is 3.02. The standard InChI is InChI=1S/C12H14O/c1-9-6-4-5-7-12(9)10(2)8-11(3)13/h4-8H,1-3H3/b10-8-. The van der Waals surface area contributed by atoms with Crippen LogP contribution in [0.5, 0.6) is 0 Å². The smallest absolute Gasteiger partial charge is 0.152 e. The molecule has 1 aromatic carbocycles. The predicted molar refractivity (Wildman–Crippen MR) is 55.5 cm³/mol. The van der Waals surface area contributed by atoms with Crippen LogP contribution in [0.3, 0.4) is 0 Å². The van der Waals surface area contributed by atoms with Gasteiger partial charge < -0.3 is 0 Å². The van der Waals surface area contributed by atoms with E-state index in [-0.39, 0.29) is 5.78 Å². The molecule has 0 bridgehead atoms. The predicted octanol–water partition coefficient (Wildman–Crippen LogP) is 2.99. The summed E-state index contributed by atoms with van der Waals surface area (Å²) in [7, 11) is 0. The molecule has 0 aliphatic heterocycles. The maximum atomic E-state index is 10.9. The highest BCUT2D eigenvalue weighted by Crippen LogP contribution is 2.17. The molecule has 68 valence electrons. The van der Waals surface area contributed by atoms with E-state index in [0.29, 0.717) is 0 Å². The summed E-state index contributed by atoms with van der Waals surface area (Å²) < 4.78 is 0. The normalized spacial score (nSPS) is 11.5. The van der Waals surface area contributed by atoms with Gasteiger partial charge in [0.1, 0.15) is 0 Å². The van der Waals surface area contributed by atoms with Crippen molar-refractivity contribution in [3.8, 4) is 0 Å². The number of carbonyl (C=O) groups excluding carboxylic acids is 1. The number of hydrogen-bond acceptors (Lipinski definition) is 1. The fourth-order valence-electron chi connectivity index (χ4n) is 1.40. The van der Waals surface area contributed by atoms with Crippen LogP contribution in [0.15, 0.2) is 30.3 Å². The average Bonchev–Trinajstić information content (AvgIpc) is 2.03. The molecule has 0 aromatic heterocycles. The lowest BCUT2D eigenvalue weighted by atomic mass is 10.0. The summed E-state index contributed by atoms with van der Waals surface area (Å²) in [5.74, 6) is 0.0979. The maximum absolute atomic E-state index is 10.9. The summed E-state index contributed by atoms with van der Waals surface area (Å²) in [6.45, 7) is 5.58. The van der Waals surface area contributed by atoms with Crippen LogP contribution in [0.25, 0.3) is 5.57 Å². The first-order valence-corrected chi connectivity index (χ1v) is 4.36. The van der Waals surface area contributed by atoms with Gasteiger partial charge in [0.2, 0.25) is 0 Å². The zero-order valence-corrected chi connectivity index (χ0v) is 8.29. The number of allylic oxidation sites excluding steroid dienone is 2. The van der Waals surface area contributed by atoms with Gasteiger partial charge in [-0.2, -0.15) is 0 Å². The van der Waals surface area contributed by atoms with Crippen LogP contribution in [0, 0.1) is 6.92 Å². The molecule has 0 atom stereocenters. The summed E-state index contributed by atoms with van der Waals surface area (Å²) in [5.41, 5.74) is 3.39. The van der Waals surface area contributed by atoms with Gasteiger partial charge in [-0.1, -0.05) is 24.3 Å². The zero-order chi connectivity index (χ0) is 9.84. The van der Waals surface area contributed by atoms with Crippen molar-refractivity contribution in [1.29, 1.82) is 0 Å². The fraction of sp³-hybridized carbons (Fsp3) is 0.250. The molecule has 0 N–H and O–H groups in total. The Morgan fingerprint density at radius 3 is 2.38 bits per heavy atom. The summed E-state index contributed by atoms with van der Waals surface area (Å²) >= 11 is 0. The molecule has 1 aromatic rings. The van der Waals surface area contributed by atoms with Gasteiger partial charge in [0.15, 0.2) is 5.78 Å². The lowest BCUT2D eigenvalue weighted by Gasteiger charge is -2.04. The molecule has 1 heteroatoms. The van der Waals surface area contributed by atoms with Gasteiger partial charge in [-0.15, -0.1) is 0 Å². The molecule has 0 fully saturated rings. The molecule has 0 aliphatic rings. The Morgan fingerprint density at radius 1 is 1.23 bits per heavy atom. The minimum atomic E-state index is 0.0979. The van der Waals surface area contributed by atoms with Crippen molar-refractivity contribution in [3.05, 3.63) is 41.5 Å². The van der Waals surface area contributed by atoms with Gasteiger partial charge in [0, 0.05) is 0 Å². The minimum Gasteiger partial charge on any atom is -0.295 e. The van der Waals surface area contributed by atoms with Crippen LogP contribution in [0.4, 0.5) is 0 Å². The Morgan fingerprint density at radius 2 is 1.85 bits per heavy atom. The lowest BCUT2D eigenvalue weighted by Crippen LogP contribution is -1.88. The van der Waals surface area contributed by atoms with E-state index in [9.17, 15) is 4.79 Å². The quantitative estimate of drug-likeness (QED) is 0.630. The van der Waals surface area contributed by atoms with Gasteiger partial charge in [0.25, 0.3) is 0 Å². The number of hydrogen-bond donors (Lipinski definition) is 0. The topological polar surface area (TPSA) is 17.1 Å². The Balaban J connectivity index is 3.08. The second kappa shape index (κ2) is 4.04. The SMILES string of the molecule is CC(=O)/C=C(/C)c1ccccc1C. The van der Waals surface area contributed by atoms with E-state index in [2.05, 4.69) is 0 Å². The maximum Gasteiger partial charge on any atom is 0.152 e. The summed E-state index contributed by atoms with van der Waals surface area (Å²) in [5, 5.41) is 0. The number of ketones is 1. The number of carbonyl (C=O) groups is 1. The first-order chi connectivity index (χ1) is 6.11. The van der Waals surface area contributed by atoms with Crippen LogP contribution in [0.2, 0.25) is 0 Å². The first-order valence-electron chi connectivity index (χ1n) is 4.36. The molecule has 0 heterocycles. The van der Waals surface area contributed by atoms with Crippen LogP contribution >= 0.6 is 0 Å². The largest absolute Gasteiger partial charge is 0.295 e. The van der Waals surface area contributed by atoms with Crippen molar-refractivity contribution in [3.63, 3.8) is 0 Å². The van der Waals surface area contributed by atoms with Gasteiger partial charge in [-0.05, 0) is 43.5 Å². The summed E-state index contributed by atoms with van der Waals surface area (Å²) in [6, 6.07) is 8.07. The molecule has 1 rings (SSSR count). The molecule has 13 heavy (non-hydrogen) atoms. The zero-order valence-electron chi connectivity index (χ0n) is 8.29. The van der Waals surface area contributed by atoms with Crippen LogP contribution in [-0.4, -0.2) is 5.78 Å². The second-order valence-corrected chi connectivity index (χ2v) is 3.25. The highest BCUT2D eigenvalue weighted by molar-refractivity contribution is 5.94. The minimum absolute atomic E-state index is 0.0979. The van der Waals surface area contributed by atoms with E-state index < -0.39 is 0 Å². The number of benzene rings is 1. The van der Waals surface area contributed by atoms with Crippen molar-refractivity contribution >= 4 is 11.4 Å². The molecule has 0 radical (unpaired) electrons. The van der Waals surface area contributed by atoms with E-state index in [0.717, 1.165) is 11.1 Å². The van der Waals surface area contributed by atoms with E-state index in [4.69, 9.17) is 0 Å². The van der Waals surface area contributed by atoms with Crippen LogP contribution in [-0.2, 0) is 4.79 Å². The van der Waals surface area contributed by atoms with E-state index in [1.807, 2.05) is 38.1 Å². The van der Waals surface area contributed by atoms with Crippen LogP contribution < -0.4 is 0 Å². The van der Waals surface area contributed by atoms with Crippen molar-refractivity contribution in [1.82, 2.24) is 0 Å². The Hall–Kier alpha value is -1.37. The van der Waals surface area contributed by atoms with E-state index in [1.165, 1.54) is 5.56 Å². The summed E-state index contributed by atoms with van der Waals surface area (Å²) in [4.78, 5) is 10.9. The molecular formula is C12H14O. The van der Waals surface area contributed by atoms with E-state index >= 15 is 0 Å². The summed E-state index contributed by atoms with van der Waals surface area (Å²) in [6.07, 6.45) is 1.67. The monoisotopic (exact) mass is 174 g/mol. The van der Waals surface area contributed by atoms with Crippen LogP contribution in [0.1, 0.15) is 25.0 Å². The highest BCUT2D eigenvalue weighted by atomic mass is 16.1. The second-order valence-electron chi connectivity index (χ2n) is 3.25. The third-order valence-electron chi connectivity index (χ3n) is 1.99. The molecule has 0 spiro atoms. The Labute approximate surface area is 79.1 Å². The molecule has 0 saturated carbocycles. The first kappa shape index (κ1) is 9.72. The van der Waals surface area contributed by atoms with Gasteiger partial charge in [0.05, 0.1) is 0 Å². The van der Waals surface area contributed by atoms with Gasteiger partial charge in [-0.25, -0.2) is 0 Å². The molecular weight excluding hydrogens is 160 g/mol. The van der Waals surface area contributed by atoms with E-state index in [1.54, 1.807) is 13.0 Å². The molecule has 1 nitrogen and oxygen atoms in total. The molecule has 0 unspecified atom stereocenters. The molecule has 0 saturated heterocycles. The van der Waals surface area contributed by atoms with Crippen molar-refractivity contribution in [2.24, 2.45) is 0 Å². The molecule has 0 aliphatic carbocycles. The highest BCUT2D eigenvalue weighted by Gasteiger charge is 1.99. The number of aryl methyl sites for hydroxylation is 1. The number of rotatable bonds is 2. The molecule has 0 amide bonds. The van der Waals surface area contributed by atoms with Gasteiger partial charge in [-0.3, -0.25) is 4.79 Å². The third kappa shape index (κ3) is 2.55. The Bertz CT molecular complexity index is 348. The van der Waals surface area contributed by atoms with Crippen molar-refractivity contribution in [2.45, 2.75) is 20.8 Å². The van der Waals surface area contributed by atoms with Crippen molar-refractivity contribution < 1.29 is 4.79 Å². The van der Waals surface area contributed by atoms with Gasteiger partial charge >= 0.3 is 0 Å². The lowest BCUT2D eigenvalue weighted by molar-refractivity contribution is -0.112. The third-order valence-corrected chi connectivity index (χ3v) is 1.99. The van der Waals surface area contributed by atoms with Crippen molar-refractivity contribution in [2.75, 3.05) is 0 Å². The fourth-order valence-corrected chi connectivity index (χ4v) is 1.40. The average molecular weight is 174 g/mol.